The molecule has 2 rings (SSSR count). The molecule has 0 aliphatic heterocycles. The van der Waals surface area contributed by atoms with Gasteiger partial charge in [0.15, 0.2) is 0 Å². The van der Waals surface area contributed by atoms with Crippen LogP contribution in [0.25, 0.3) is 0 Å². The molecule has 1 saturated carbocycles. The molecule has 1 fully saturated rings. The molecule has 1 aromatic rings. The molecule has 0 atom stereocenters. The van der Waals surface area contributed by atoms with E-state index in [9.17, 15) is 9.90 Å². The highest BCUT2D eigenvalue weighted by Gasteiger charge is 2.34. The van der Waals surface area contributed by atoms with Gasteiger partial charge in [0.25, 0.3) is 0 Å². The number of aliphatic hydroxyl groups excluding tert-OH is 1. The van der Waals surface area contributed by atoms with E-state index in [1.54, 1.807) is 11.8 Å². The maximum atomic E-state index is 12.0. The Kier molecular flexibility index (Phi) is 4.71. The summed E-state index contributed by atoms with van der Waals surface area (Å²) in [5.74, 6) is 0. The molecule has 1 aliphatic rings. The Morgan fingerprint density at radius 3 is 2.79 bits per heavy atom. The molecule has 0 aromatic heterocycles. The fraction of sp³-hybridized carbons (Fsp3) is 0.500. The monoisotopic (exact) mass is 280 g/mol. The van der Waals surface area contributed by atoms with Crippen molar-refractivity contribution in [3.8, 4) is 0 Å². The Hall–Kier alpha value is -1.20. The summed E-state index contributed by atoms with van der Waals surface area (Å²) in [5, 5.41) is 15.2. The van der Waals surface area contributed by atoms with E-state index < -0.39 is 5.54 Å². The van der Waals surface area contributed by atoms with Gasteiger partial charge in [-0.2, -0.15) is 0 Å². The molecular weight excluding hydrogens is 260 g/mol. The number of benzene rings is 1. The number of rotatable bonds is 4. The van der Waals surface area contributed by atoms with Crippen molar-refractivity contribution in [1.29, 1.82) is 0 Å². The zero-order valence-electron chi connectivity index (χ0n) is 11.1. The average Bonchev–Trinajstić information content (AvgIpc) is 2.88. The minimum absolute atomic E-state index is 0.00523. The van der Waals surface area contributed by atoms with Crippen LogP contribution in [-0.4, -0.2) is 29.5 Å². The average molecular weight is 280 g/mol. The minimum Gasteiger partial charge on any atom is -0.394 e. The number of carbonyl (C=O) groups excluding carboxylic acids is 1. The van der Waals surface area contributed by atoms with Gasteiger partial charge in [-0.1, -0.05) is 18.9 Å². The van der Waals surface area contributed by atoms with Crippen LogP contribution in [0.5, 0.6) is 0 Å². The van der Waals surface area contributed by atoms with Crippen LogP contribution >= 0.6 is 11.8 Å². The highest BCUT2D eigenvalue weighted by atomic mass is 32.2. The Labute approximate surface area is 118 Å². The lowest BCUT2D eigenvalue weighted by atomic mass is 9.99. The number of hydrogen-bond donors (Lipinski definition) is 3. The number of urea groups is 1. The van der Waals surface area contributed by atoms with E-state index in [4.69, 9.17) is 0 Å². The van der Waals surface area contributed by atoms with Crippen molar-refractivity contribution < 1.29 is 9.90 Å². The van der Waals surface area contributed by atoms with Gasteiger partial charge in [0.2, 0.25) is 0 Å². The predicted octanol–water partition coefficient (Wildman–Crippen LogP) is 2.84. The van der Waals surface area contributed by atoms with Gasteiger partial charge >= 0.3 is 6.03 Å². The highest BCUT2D eigenvalue weighted by Crippen LogP contribution is 2.29. The molecule has 104 valence electrons. The Morgan fingerprint density at radius 2 is 2.16 bits per heavy atom. The highest BCUT2D eigenvalue weighted by molar-refractivity contribution is 7.98. The first-order valence-corrected chi connectivity index (χ1v) is 7.74. The van der Waals surface area contributed by atoms with Gasteiger partial charge in [0.1, 0.15) is 0 Å². The first-order chi connectivity index (χ1) is 9.17. The maximum Gasteiger partial charge on any atom is 0.319 e. The summed E-state index contributed by atoms with van der Waals surface area (Å²) in [6.45, 7) is 0.00523. The third-order valence-corrected chi connectivity index (χ3v) is 4.29. The minimum atomic E-state index is -0.429. The van der Waals surface area contributed by atoms with Crippen molar-refractivity contribution in [2.45, 2.75) is 36.1 Å². The second kappa shape index (κ2) is 6.30. The first-order valence-electron chi connectivity index (χ1n) is 6.51. The quantitative estimate of drug-likeness (QED) is 0.743. The van der Waals surface area contributed by atoms with E-state index in [-0.39, 0.29) is 12.6 Å². The number of carbonyl (C=O) groups is 1. The molecule has 0 heterocycles. The molecule has 4 nitrogen and oxygen atoms in total. The zero-order valence-corrected chi connectivity index (χ0v) is 11.9. The summed E-state index contributed by atoms with van der Waals surface area (Å²) in [6, 6.07) is 7.47. The van der Waals surface area contributed by atoms with Crippen LogP contribution in [0.3, 0.4) is 0 Å². The lowest BCUT2D eigenvalue weighted by Crippen LogP contribution is -2.50. The smallest absolute Gasteiger partial charge is 0.319 e. The SMILES string of the molecule is CSc1cccc(NC(=O)NC2(CO)CCCC2)c1. The molecule has 19 heavy (non-hydrogen) atoms. The maximum absolute atomic E-state index is 12.0. The van der Waals surface area contributed by atoms with Crippen LogP contribution in [-0.2, 0) is 0 Å². The third kappa shape index (κ3) is 3.64. The number of nitrogens with one attached hydrogen (secondary N) is 2. The zero-order chi connectivity index (χ0) is 13.7. The number of anilines is 1. The second-order valence-electron chi connectivity index (χ2n) is 4.96. The molecule has 1 aliphatic carbocycles. The first kappa shape index (κ1) is 14.2. The van der Waals surface area contributed by atoms with E-state index in [1.165, 1.54) is 0 Å². The molecule has 0 saturated heterocycles. The Bertz CT molecular complexity index is 445. The number of thioether (sulfide) groups is 1. The summed E-state index contributed by atoms with van der Waals surface area (Å²) in [4.78, 5) is 13.1. The van der Waals surface area contributed by atoms with E-state index in [0.717, 1.165) is 36.3 Å². The van der Waals surface area contributed by atoms with Crippen LogP contribution < -0.4 is 10.6 Å². The topological polar surface area (TPSA) is 61.4 Å². The van der Waals surface area contributed by atoms with Crippen molar-refractivity contribution in [1.82, 2.24) is 5.32 Å². The van der Waals surface area contributed by atoms with Gasteiger partial charge in [-0.25, -0.2) is 4.79 Å². The Morgan fingerprint density at radius 1 is 1.42 bits per heavy atom. The number of aliphatic hydroxyl groups is 1. The van der Waals surface area contributed by atoms with Crippen molar-refractivity contribution in [2.24, 2.45) is 0 Å². The molecule has 0 radical (unpaired) electrons. The van der Waals surface area contributed by atoms with E-state index in [2.05, 4.69) is 10.6 Å². The second-order valence-corrected chi connectivity index (χ2v) is 5.84. The lowest BCUT2D eigenvalue weighted by molar-refractivity contribution is 0.167. The van der Waals surface area contributed by atoms with Crippen LogP contribution in [0.15, 0.2) is 29.2 Å². The molecule has 3 N–H and O–H groups in total. The van der Waals surface area contributed by atoms with Crippen molar-refractivity contribution in [3.05, 3.63) is 24.3 Å². The summed E-state index contributed by atoms with van der Waals surface area (Å²) in [5.41, 5.74) is 0.344. The van der Waals surface area contributed by atoms with Crippen LogP contribution in [0.1, 0.15) is 25.7 Å². The summed E-state index contributed by atoms with van der Waals surface area (Å²) < 4.78 is 0. The molecule has 1 aromatic carbocycles. The van der Waals surface area contributed by atoms with Crippen molar-refractivity contribution in [3.63, 3.8) is 0 Å². The van der Waals surface area contributed by atoms with Gasteiger partial charge in [-0.05, 0) is 37.3 Å². The molecule has 0 spiro atoms. The van der Waals surface area contributed by atoms with Gasteiger partial charge in [0.05, 0.1) is 12.1 Å². The van der Waals surface area contributed by atoms with E-state index in [1.807, 2.05) is 30.5 Å². The van der Waals surface area contributed by atoms with Crippen LogP contribution in [0.2, 0.25) is 0 Å². The summed E-state index contributed by atoms with van der Waals surface area (Å²) in [7, 11) is 0. The summed E-state index contributed by atoms with van der Waals surface area (Å²) in [6.07, 6.45) is 5.81. The van der Waals surface area contributed by atoms with E-state index in [0.29, 0.717) is 0 Å². The molecule has 0 unspecified atom stereocenters. The molecular formula is C14H20N2O2S. The van der Waals surface area contributed by atoms with Crippen molar-refractivity contribution >= 4 is 23.5 Å². The van der Waals surface area contributed by atoms with Crippen LogP contribution in [0.4, 0.5) is 10.5 Å². The predicted molar refractivity (Wildman–Crippen MR) is 78.7 cm³/mol. The largest absolute Gasteiger partial charge is 0.394 e. The normalized spacial score (nSPS) is 17.2. The Balaban J connectivity index is 1.96. The molecule has 0 bridgehead atoms. The van der Waals surface area contributed by atoms with E-state index >= 15 is 0 Å². The number of amides is 2. The molecule has 2 amide bonds. The van der Waals surface area contributed by atoms with Crippen LogP contribution in [0, 0.1) is 0 Å². The fourth-order valence-corrected chi connectivity index (χ4v) is 2.94. The van der Waals surface area contributed by atoms with Gasteiger partial charge < -0.3 is 15.7 Å². The van der Waals surface area contributed by atoms with Gasteiger partial charge in [-0.15, -0.1) is 11.8 Å². The standard InChI is InChI=1S/C14H20N2O2S/c1-19-12-6-4-5-11(9-12)15-13(18)16-14(10-17)7-2-3-8-14/h4-6,9,17H,2-3,7-8,10H2,1H3,(H2,15,16,18). The number of hydrogen-bond acceptors (Lipinski definition) is 3. The van der Waals surface area contributed by atoms with Gasteiger partial charge in [0, 0.05) is 10.6 Å². The van der Waals surface area contributed by atoms with Gasteiger partial charge in [-0.3, -0.25) is 0 Å². The molecule has 5 heteroatoms. The van der Waals surface area contributed by atoms with Crippen molar-refractivity contribution in [2.75, 3.05) is 18.2 Å². The fourth-order valence-electron chi connectivity index (χ4n) is 2.48. The lowest BCUT2D eigenvalue weighted by Gasteiger charge is -2.28. The third-order valence-electron chi connectivity index (χ3n) is 3.57. The summed E-state index contributed by atoms with van der Waals surface area (Å²) >= 11 is 1.64.